The van der Waals surface area contributed by atoms with Crippen molar-refractivity contribution in [2.24, 2.45) is 0 Å². The number of nitrogens with one attached hydrogen (secondary N) is 1. The Hall–Kier alpha value is -1.76. The predicted octanol–water partition coefficient (Wildman–Crippen LogP) is 3.57. The summed E-state index contributed by atoms with van der Waals surface area (Å²) in [7, 11) is 0. The van der Waals surface area contributed by atoms with Crippen molar-refractivity contribution in [1.29, 1.82) is 0 Å². The number of ether oxygens (including phenoxy) is 1. The van der Waals surface area contributed by atoms with Gasteiger partial charge in [-0.05, 0) is 30.5 Å². The number of thiazole rings is 1. The Morgan fingerprint density at radius 2 is 2.04 bits per heavy atom. The Kier molecular flexibility index (Phi) is 6.55. The summed E-state index contributed by atoms with van der Waals surface area (Å²) in [6.45, 7) is 6.36. The molecule has 0 spiro atoms. The molecule has 0 unspecified atom stereocenters. The van der Waals surface area contributed by atoms with Gasteiger partial charge in [-0.15, -0.1) is 11.3 Å². The Balaban J connectivity index is 1.54. The van der Waals surface area contributed by atoms with Gasteiger partial charge in [0, 0.05) is 24.2 Å². The van der Waals surface area contributed by atoms with Crippen molar-refractivity contribution in [2.45, 2.75) is 32.7 Å². The molecule has 25 heavy (non-hydrogen) atoms. The van der Waals surface area contributed by atoms with Gasteiger partial charge in [0.1, 0.15) is 10.7 Å². The van der Waals surface area contributed by atoms with Crippen LogP contribution in [0.2, 0.25) is 0 Å². The number of hydrogen-bond acceptors (Lipinski definition) is 5. The van der Waals surface area contributed by atoms with E-state index in [1.807, 2.05) is 17.5 Å². The van der Waals surface area contributed by atoms with Crippen LogP contribution in [0, 0.1) is 0 Å². The number of hydrogen-bond donors (Lipinski definition) is 1. The first kappa shape index (κ1) is 18.0. The second kappa shape index (κ2) is 9.08. The number of benzene rings is 1. The highest BCUT2D eigenvalue weighted by Crippen LogP contribution is 2.16. The average Bonchev–Trinajstić information content (AvgIpc) is 3.11. The molecule has 1 aliphatic rings. The minimum absolute atomic E-state index is 0.147. The summed E-state index contributed by atoms with van der Waals surface area (Å²) in [6, 6.07) is 8.08. The zero-order valence-corrected chi connectivity index (χ0v) is 15.5. The van der Waals surface area contributed by atoms with E-state index < -0.39 is 0 Å². The van der Waals surface area contributed by atoms with Crippen LogP contribution in [0.25, 0.3) is 0 Å². The molecular weight excluding hydrogens is 334 g/mol. The molecule has 0 aliphatic carbocycles. The number of anilines is 1. The van der Waals surface area contributed by atoms with Crippen molar-refractivity contribution in [1.82, 2.24) is 9.88 Å². The highest BCUT2D eigenvalue weighted by atomic mass is 32.1. The van der Waals surface area contributed by atoms with Crippen LogP contribution in [0.15, 0.2) is 29.6 Å². The van der Waals surface area contributed by atoms with Gasteiger partial charge in [0.15, 0.2) is 0 Å². The molecule has 2 aromatic rings. The number of carbonyl (C=O) groups is 1. The molecule has 0 radical (unpaired) electrons. The smallest absolute Gasteiger partial charge is 0.275 e. The van der Waals surface area contributed by atoms with Gasteiger partial charge in [0.05, 0.1) is 19.8 Å². The van der Waals surface area contributed by atoms with Gasteiger partial charge in [-0.3, -0.25) is 9.69 Å². The molecule has 0 atom stereocenters. The summed E-state index contributed by atoms with van der Waals surface area (Å²) < 4.78 is 5.35. The second-order valence-electron chi connectivity index (χ2n) is 6.27. The third-order valence-electron chi connectivity index (χ3n) is 4.28. The van der Waals surface area contributed by atoms with Crippen molar-refractivity contribution < 1.29 is 9.53 Å². The third kappa shape index (κ3) is 5.36. The number of nitrogens with zero attached hydrogens (tertiary/aromatic N) is 2. The highest BCUT2D eigenvalue weighted by Gasteiger charge is 2.15. The number of unbranched alkanes of at least 4 members (excludes halogenated alkanes) is 1. The molecule has 5 nitrogen and oxygen atoms in total. The molecule has 6 heteroatoms. The Labute approximate surface area is 153 Å². The third-order valence-corrected chi connectivity index (χ3v) is 5.11. The van der Waals surface area contributed by atoms with Crippen LogP contribution in [-0.2, 0) is 17.7 Å². The fraction of sp³-hybridized carbons (Fsp3) is 0.474. The van der Waals surface area contributed by atoms with E-state index in [4.69, 9.17) is 4.74 Å². The summed E-state index contributed by atoms with van der Waals surface area (Å²) in [4.78, 5) is 19.2. The summed E-state index contributed by atoms with van der Waals surface area (Å²) in [5.74, 6) is -0.147. The zero-order chi connectivity index (χ0) is 17.5. The molecule has 1 aromatic carbocycles. The summed E-state index contributed by atoms with van der Waals surface area (Å²) >= 11 is 1.54. The van der Waals surface area contributed by atoms with E-state index in [1.54, 1.807) is 0 Å². The van der Waals surface area contributed by atoms with Gasteiger partial charge >= 0.3 is 0 Å². The van der Waals surface area contributed by atoms with Crippen LogP contribution in [0.5, 0.6) is 0 Å². The molecule has 0 saturated carbocycles. The van der Waals surface area contributed by atoms with Gasteiger partial charge in [0.25, 0.3) is 5.91 Å². The average molecular weight is 359 g/mol. The molecule has 1 saturated heterocycles. The SMILES string of the molecule is CCCCc1ccc(NC(=O)c2csc(CN3CCOCC3)n2)cc1. The standard InChI is InChI=1S/C19H25N3O2S/c1-2-3-4-15-5-7-16(8-6-15)20-19(23)17-14-25-18(21-17)13-22-9-11-24-12-10-22/h5-8,14H,2-4,9-13H2,1H3,(H,20,23). The first-order valence-electron chi connectivity index (χ1n) is 8.89. The Bertz CT molecular complexity index is 678. The lowest BCUT2D eigenvalue weighted by Crippen LogP contribution is -2.35. The van der Waals surface area contributed by atoms with E-state index in [0.29, 0.717) is 5.69 Å². The topological polar surface area (TPSA) is 54.5 Å². The van der Waals surface area contributed by atoms with E-state index in [9.17, 15) is 4.79 Å². The maximum absolute atomic E-state index is 12.4. The van der Waals surface area contributed by atoms with Gasteiger partial charge in [-0.25, -0.2) is 4.98 Å². The maximum Gasteiger partial charge on any atom is 0.275 e. The number of aromatic nitrogens is 1. The lowest BCUT2D eigenvalue weighted by Gasteiger charge is -2.25. The first-order valence-corrected chi connectivity index (χ1v) is 9.77. The molecule has 1 amide bonds. The van der Waals surface area contributed by atoms with Crippen molar-refractivity contribution in [3.63, 3.8) is 0 Å². The van der Waals surface area contributed by atoms with Crippen molar-refractivity contribution >= 4 is 22.9 Å². The molecule has 1 fully saturated rings. The summed E-state index contributed by atoms with van der Waals surface area (Å²) in [5, 5.41) is 5.74. The minimum Gasteiger partial charge on any atom is -0.379 e. The molecule has 1 N–H and O–H groups in total. The number of aryl methyl sites for hydroxylation is 1. The molecule has 1 aromatic heterocycles. The number of amides is 1. The van der Waals surface area contributed by atoms with E-state index in [0.717, 1.165) is 50.0 Å². The van der Waals surface area contributed by atoms with E-state index in [1.165, 1.54) is 29.7 Å². The van der Waals surface area contributed by atoms with Gasteiger partial charge < -0.3 is 10.1 Å². The Morgan fingerprint density at radius 1 is 1.28 bits per heavy atom. The van der Waals surface area contributed by atoms with Crippen molar-refractivity contribution in [3.05, 3.63) is 45.9 Å². The van der Waals surface area contributed by atoms with Crippen LogP contribution in [0.3, 0.4) is 0 Å². The molecule has 1 aliphatic heterocycles. The number of carbonyl (C=O) groups excluding carboxylic acids is 1. The first-order chi connectivity index (χ1) is 12.2. The van der Waals surface area contributed by atoms with Gasteiger partial charge in [-0.1, -0.05) is 25.5 Å². The van der Waals surface area contributed by atoms with Crippen LogP contribution < -0.4 is 5.32 Å². The van der Waals surface area contributed by atoms with E-state index in [-0.39, 0.29) is 5.91 Å². The monoisotopic (exact) mass is 359 g/mol. The van der Waals surface area contributed by atoms with Crippen LogP contribution >= 0.6 is 11.3 Å². The van der Waals surface area contributed by atoms with Crippen LogP contribution in [0.1, 0.15) is 40.8 Å². The molecule has 3 rings (SSSR count). The molecule has 2 heterocycles. The maximum atomic E-state index is 12.4. The largest absolute Gasteiger partial charge is 0.379 e. The normalized spacial score (nSPS) is 15.2. The Morgan fingerprint density at radius 3 is 2.76 bits per heavy atom. The van der Waals surface area contributed by atoms with E-state index >= 15 is 0 Å². The van der Waals surface area contributed by atoms with Crippen molar-refractivity contribution in [2.75, 3.05) is 31.6 Å². The summed E-state index contributed by atoms with van der Waals surface area (Å²) in [6.07, 6.45) is 3.47. The van der Waals surface area contributed by atoms with E-state index in [2.05, 4.69) is 34.3 Å². The zero-order valence-electron chi connectivity index (χ0n) is 14.7. The number of morpholine rings is 1. The molecule has 0 bridgehead atoms. The van der Waals surface area contributed by atoms with Gasteiger partial charge in [0.2, 0.25) is 0 Å². The van der Waals surface area contributed by atoms with Crippen LogP contribution in [0.4, 0.5) is 5.69 Å². The summed E-state index contributed by atoms with van der Waals surface area (Å²) in [5.41, 5.74) is 2.61. The lowest BCUT2D eigenvalue weighted by molar-refractivity contribution is 0.0341. The molecule has 134 valence electrons. The van der Waals surface area contributed by atoms with Gasteiger partial charge in [-0.2, -0.15) is 0 Å². The highest BCUT2D eigenvalue weighted by molar-refractivity contribution is 7.09. The molecular formula is C19H25N3O2S. The quantitative estimate of drug-likeness (QED) is 0.821. The fourth-order valence-electron chi connectivity index (χ4n) is 2.77. The van der Waals surface area contributed by atoms with Crippen molar-refractivity contribution in [3.8, 4) is 0 Å². The van der Waals surface area contributed by atoms with Crippen LogP contribution in [-0.4, -0.2) is 42.1 Å². The predicted molar refractivity (Wildman–Crippen MR) is 101 cm³/mol. The second-order valence-corrected chi connectivity index (χ2v) is 7.21. The minimum atomic E-state index is -0.147. The number of rotatable bonds is 7. The lowest BCUT2D eigenvalue weighted by atomic mass is 10.1. The fourth-order valence-corrected chi connectivity index (χ4v) is 3.58.